The van der Waals surface area contributed by atoms with Gasteiger partial charge in [-0.15, -0.1) is 0 Å². The summed E-state index contributed by atoms with van der Waals surface area (Å²) in [5, 5.41) is 14.1. The predicted octanol–water partition coefficient (Wildman–Crippen LogP) is -0.476. The molecule has 2 saturated heterocycles. The lowest BCUT2D eigenvalue weighted by molar-refractivity contribution is -0.205. The number of H-pyrrole nitrogens is 1. The van der Waals surface area contributed by atoms with E-state index in [4.69, 9.17) is 4.74 Å². The van der Waals surface area contributed by atoms with Gasteiger partial charge in [-0.3, -0.25) is 9.59 Å². The highest BCUT2D eigenvalue weighted by Crippen LogP contribution is 2.40. The van der Waals surface area contributed by atoms with Gasteiger partial charge in [-0.2, -0.15) is 0 Å². The van der Waals surface area contributed by atoms with Crippen LogP contribution in [-0.2, 0) is 14.6 Å². The number of carbonyl (C=O) groups excluding carboxylic acids is 1. The first kappa shape index (κ1) is 21.9. The van der Waals surface area contributed by atoms with Gasteiger partial charge in [0.1, 0.15) is 21.6 Å². The van der Waals surface area contributed by atoms with Crippen LogP contribution in [0.25, 0.3) is 0 Å². The summed E-state index contributed by atoms with van der Waals surface area (Å²) in [4.78, 5) is 28.6. The minimum atomic E-state index is -3.02. The molecular formula is C19H29N3O6S. The molecule has 29 heavy (non-hydrogen) atoms. The van der Waals surface area contributed by atoms with Gasteiger partial charge < -0.3 is 25.0 Å². The third kappa shape index (κ3) is 5.06. The van der Waals surface area contributed by atoms with Crippen LogP contribution in [0.1, 0.15) is 36.7 Å². The normalized spacial score (nSPS) is 27.6. The standard InChI is InChI=1S/C19H29N3O6S/c1-18(21-16(24)14-4-3-5-15(23)20-14)8-12-28-19(17(18)25)6-9-22(10-7-19)11-13-29(2,26)27/h3-5,17,25H,6-13H2,1-2H3,(H,20,23)(H,21,24)/t17-,18+/m0/s1. The van der Waals surface area contributed by atoms with Crippen molar-refractivity contribution in [3.05, 3.63) is 34.2 Å². The Kier molecular flexibility index (Phi) is 6.19. The van der Waals surface area contributed by atoms with E-state index in [1.165, 1.54) is 24.5 Å². The zero-order valence-corrected chi connectivity index (χ0v) is 17.6. The molecule has 9 nitrogen and oxygen atoms in total. The number of hydrogen-bond acceptors (Lipinski definition) is 7. The molecule has 162 valence electrons. The average Bonchev–Trinajstić information content (AvgIpc) is 2.65. The minimum Gasteiger partial charge on any atom is -0.388 e. The molecule has 0 saturated carbocycles. The van der Waals surface area contributed by atoms with E-state index < -0.39 is 33.0 Å². The highest BCUT2D eigenvalue weighted by Gasteiger charge is 2.53. The number of aliphatic hydroxyl groups excluding tert-OH is 1. The number of hydrogen-bond donors (Lipinski definition) is 3. The Labute approximate surface area is 170 Å². The molecule has 0 unspecified atom stereocenters. The van der Waals surface area contributed by atoms with Crippen LogP contribution >= 0.6 is 0 Å². The number of aromatic amines is 1. The first-order valence-corrected chi connectivity index (χ1v) is 11.8. The topological polar surface area (TPSA) is 129 Å². The summed E-state index contributed by atoms with van der Waals surface area (Å²) in [5.74, 6) is -0.348. The van der Waals surface area contributed by atoms with Crippen molar-refractivity contribution in [3.63, 3.8) is 0 Å². The van der Waals surface area contributed by atoms with Gasteiger partial charge in [0.05, 0.1) is 16.9 Å². The molecule has 1 aromatic rings. The van der Waals surface area contributed by atoms with Crippen LogP contribution in [0.5, 0.6) is 0 Å². The van der Waals surface area contributed by atoms with Gasteiger partial charge in [0.15, 0.2) is 0 Å². The molecule has 2 atom stereocenters. The number of amides is 1. The Hall–Kier alpha value is -1.75. The van der Waals surface area contributed by atoms with E-state index in [2.05, 4.69) is 15.2 Å². The smallest absolute Gasteiger partial charge is 0.268 e. The van der Waals surface area contributed by atoms with Crippen molar-refractivity contribution in [2.24, 2.45) is 0 Å². The molecule has 10 heteroatoms. The van der Waals surface area contributed by atoms with E-state index in [0.29, 0.717) is 45.5 Å². The SMILES string of the molecule is C[C@@]1(NC(=O)c2cccc(=O)[nH]2)CCOC2(CCN(CCS(C)(=O)=O)CC2)[C@H]1O. The van der Waals surface area contributed by atoms with Crippen molar-refractivity contribution >= 4 is 15.7 Å². The highest BCUT2D eigenvalue weighted by molar-refractivity contribution is 7.90. The van der Waals surface area contributed by atoms with Crippen molar-refractivity contribution in [1.29, 1.82) is 0 Å². The maximum atomic E-state index is 12.6. The number of likely N-dealkylation sites (tertiary alicyclic amines) is 1. The number of aromatic nitrogens is 1. The fraction of sp³-hybridized carbons (Fsp3) is 0.684. The second kappa shape index (κ2) is 8.17. The maximum Gasteiger partial charge on any atom is 0.268 e. The number of pyridine rings is 1. The van der Waals surface area contributed by atoms with Crippen molar-refractivity contribution in [2.75, 3.05) is 38.2 Å². The molecule has 1 aromatic heterocycles. The summed E-state index contributed by atoms with van der Waals surface area (Å²) in [6.45, 7) is 3.87. The maximum absolute atomic E-state index is 12.6. The van der Waals surface area contributed by atoms with Crippen LogP contribution in [0.3, 0.4) is 0 Å². The first-order chi connectivity index (χ1) is 13.5. The average molecular weight is 428 g/mol. The van der Waals surface area contributed by atoms with Crippen molar-refractivity contribution < 1.29 is 23.1 Å². The number of sulfone groups is 1. The van der Waals surface area contributed by atoms with Gasteiger partial charge in [-0.05, 0) is 32.3 Å². The molecule has 0 radical (unpaired) electrons. The molecule has 3 N–H and O–H groups in total. The molecule has 3 rings (SSSR count). The van der Waals surface area contributed by atoms with Crippen LogP contribution in [0.2, 0.25) is 0 Å². The van der Waals surface area contributed by atoms with Crippen LogP contribution < -0.4 is 10.9 Å². The van der Waals surface area contributed by atoms with Crippen molar-refractivity contribution in [2.45, 2.75) is 43.4 Å². The van der Waals surface area contributed by atoms with Crippen molar-refractivity contribution in [1.82, 2.24) is 15.2 Å². The molecule has 1 spiro atoms. The number of piperidine rings is 1. The monoisotopic (exact) mass is 427 g/mol. The van der Waals surface area contributed by atoms with Gasteiger partial charge in [0, 0.05) is 38.6 Å². The Bertz CT molecular complexity index is 907. The summed E-state index contributed by atoms with van der Waals surface area (Å²) < 4.78 is 28.8. The lowest BCUT2D eigenvalue weighted by Crippen LogP contribution is -2.69. The summed E-state index contributed by atoms with van der Waals surface area (Å²) in [6, 6.07) is 4.35. The molecule has 2 aliphatic heterocycles. The fourth-order valence-electron chi connectivity index (χ4n) is 4.17. The van der Waals surface area contributed by atoms with E-state index in [9.17, 15) is 23.1 Å². The summed E-state index contributed by atoms with van der Waals surface area (Å²) in [6.07, 6.45) is 1.83. The molecule has 2 aliphatic rings. The predicted molar refractivity (Wildman–Crippen MR) is 108 cm³/mol. The van der Waals surface area contributed by atoms with Crippen LogP contribution in [0.15, 0.2) is 23.0 Å². The number of carbonyl (C=O) groups is 1. The molecule has 2 fully saturated rings. The summed E-state index contributed by atoms with van der Waals surface area (Å²) in [5.41, 5.74) is -1.92. The quantitative estimate of drug-likeness (QED) is 0.579. The third-order valence-electron chi connectivity index (χ3n) is 6.01. The lowest BCUT2D eigenvalue weighted by Gasteiger charge is -2.53. The molecule has 3 heterocycles. The molecule has 0 aromatic carbocycles. The van der Waals surface area contributed by atoms with E-state index in [1.54, 1.807) is 6.92 Å². The molecule has 0 bridgehead atoms. The second-order valence-electron chi connectivity index (χ2n) is 8.34. The lowest BCUT2D eigenvalue weighted by atomic mass is 9.73. The largest absolute Gasteiger partial charge is 0.388 e. The van der Waals surface area contributed by atoms with Crippen LogP contribution in [-0.4, -0.2) is 84.8 Å². The van der Waals surface area contributed by atoms with Gasteiger partial charge in [0.25, 0.3) is 5.91 Å². The van der Waals surface area contributed by atoms with Gasteiger partial charge in [0.2, 0.25) is 5.56 Å². The fourth-order valence-corrected chi connectivity index (χ4v) is 4.76. The Morgan fingerprint density at radius 1 is 1.34 bits per heavy atom. The first-order valence-electron chi connectivity index (χ1n) is 9.77. The van der Waals surface area contributed by atoms with Gasteiger partial charge in [-0.25, -0.2) is 8.42 Å². The Balaban J connectivity index is 1.67. The third-order valence-corrected chi connectivity index (χ3v) is 6.93. The number of ether oxygens (including phenoxy) is 1. The zero-order valence-electron chi connectivity index (χ0n) is 16.8. The molecule has 1 amide bonds. The van der Waals surface area contributed by atoms with Gasteiger partial charge >= 0.3 is 0 Å². The molecular weight excluding hydrogens is 398 g/mol. The summed E-state index contributed by atoms with van der Waals surface area (Å²) >= 11 is 0. The summed E-state index contributed by atoms with van der Waals surface area (Å²) in [7, 11) is -3.02. The number of nitrogens with zero attached hydrogens (tertiary/aromatic N) is 1. The van der Waals surface area contributed by atoms with Gasteiger partial charge in [-0.1, -0.05) is 6.07 Å². The van der Waals surface area contributed by atoms with E-state index in [1.807, 2.05) is 0 Å². The van der Waals surface area contributed by atoms with E-state index in [0.717, 1.165) is 0 Å². The Morgan fingerprint density at radius 3 is 2.66 bits per heavy atom. The highest BCUT2D eigenvalue weighted by atomic mass is 32.2. The zero-order chi connectivity index (χ0) is 21.3. The van der Waals surface area contributed by atoms with Crippen molar-refractivity contribution in [3.8, 4) is 0 Å². The van der Waals surface area contributed by atoms with Crippen LogP contribution in [0, 0.1) is 0 Å². The van der Waals surface area contributed by atoms with E-state index >= 15 is 0 Å². The molecule has 0 aliphatic carbocycles. The number of rotatable bonds is 5. The Morgan fingerprint density at radius 2 is 2.03 bits per heavy atom. The van der Waals surface area contributed by atoms with Crippen LogP contribution in [0.4, 0.5) is 0 Å². The number of nitrogens with one attached hydrogen (secondary N) is 2. The number of aliphatic hydroxyl groups is 1. The second-order valence-corrected chi connectivity index (χ2v) is 10.6. The van der Waals surface area contributed by atoms with E-state index in [-0.39, 0.29) is 17.0 Å². The minimum absolute atomic E-state index is 0.104.